The van der Waals surface area contributed by atoms with Gasteiger partial charge in [-0.25, -0.2) is 12.8 Å². The van der Waals surface area contributed by atoms with Gasteiger partial charge in [-0.2, -0.15) is 26.3 Å². The molecule has 2 aliphatic heterocycles. The fourth-order valence-corrected chi connectivity index (χ4v) is 5.61. The molecule has 1 fully saturated rings. The molecule has 37 heavy (non-hydrogen) atoms. The van der Waals surface area contributed by atoms with Crippen LogP contribution in [0.3, 0.4) is 0 Å². The molecule has 1 amide bonds. The fraction of sp³-hybridized carbons (Fsp3) is 0.364. The van der Waals surface area contributed by atoms with E-state index in [1.54, 1.807) is 0 Å². The highest BCUT2D eigenvalue weighted by Gasteiger charge is 2.64. The van der Waals surface area contributed by atoms with Crippen molar-refractivity contribution < 1.29 is 48.8 Å². The third-order valence-corrected chi connectivity index (χ3v) is 8.12. The predicted molar refractivity (Wildman–Crippen MR) is 117 cm³/mol. The molecule has 15 heteroatoms. The summed E-state index contributed by atoms with van der Waals surface area (Å²) < 4.78 is 120. The van der Waals surface area contributed by atoms with E-state index in [-0.39, 0.29) is 46.0 Å². The van der Waals surface area contributed by atoms with Crippen molar-refractivity contribution in [2.24, 2.45) is 5.16 Å². The molecule has 2 aromatic carbocycles. The van der Waals surface area contributed by atoms with Crippen LogP contribution >= 0.6 is 11.6 Å². The predicted octanol–water partition coefficient (Wildman–Crippen LogP) is 4.92. The highest BCUT2D eigenvalue weighted by atomic mass is 35.5. The van der Waals surface area contributed by atoms with Crippen molar-refractivity contribution in [1.29, 1.82) is 0 Å². The Hall–Kier alpha value is -2.87. The number of sulfone groups is 1. The molecule has 2 aliphatic rings. The summed E-state index contributed by atoms with van der Waals surface area (Å²) >= 11 is 5.50. The van der Waals surface area contributed by atoms with Crippen LogP contribution in [0.25, 0.3) is 0 Å². The Kier molecular flexibility index (Phi) is 6.51. The van der Waals surface area contributed by atoms with Gasteiger partial charge in [-0.05, 0) is 42.3 Å². The number of aryl methyl sites for hydroxylation is 1. The fourth-order valence-electron chi connectivity index (χ4n) is 4.09. The van der Waals surface area contributed by atoms with Crippen LogP contribution < -0.4 is 5.32 Å². The summed E-state index contributed by atoms with van der Waals surface area (Å²) in [6.45, 7) is 1.47. The lowest BCUT2D eigenvalue weighted by Crippen LogP contribution is -2.53. The molecule has 1 unspecified atom stereocenters. The molecule has 0 saturated carbocycles. The molecular formula is C22H16ClF7N2O4S. The van der Waals surface area contributed by atoms with Gasteiger partial charge >= 0.3 is 12.4 Å². The minimum Gasteiger partial charge on any atom is -0.374 e. The summed E-state index contributed by atoms with van der Waals surface area (Å²) in [6, 6.07) is 3.41. The van der Waals surface area contributed by atoms with Gasteiger partial charge in [-0.15, -0.1) is 0 Å². The van der Waals surface area contributed by atoms with Crippen molar-refractivity contribution in [2.45, 2.75) is 37.3 Å². The lowest BCUT2D eigenvalue weighted by Gasteiger charge is -2.30. The standard InChI is InChI=1S/C22H16ClF7N2O4S/c1-10-4-11(2-3-14(10)19(33)31-13-8-37(34,35)9-13)17-7-20(36-32-17,22(28,29)30)15-5-12(21(25,26)27)6-16(23)18(15)24/h2-6,13H,7-9H2,1H3,(H,31,33). The first-order valence-electron chi connectivity index (χ1n) is 10.4. The molecule has 2 heterocycles. The van der Waals surface area contributed by atoms with Gasteiger partial charge in [0.25, 0.3) is 11.5 Å². The first-order chi connectivity index (χ1) is 16.9. The number of alkyl halides is 6. The molecule has 0 spiro atoms. The maximum absolute atomic E-state index is 14.7. The molecule has 1 atom stereocenters. The van der Waals surface area contributed by atoms with Gasteiger partial charge < -0.3 is 10.2 Å². The highest BCUT2D eigenvalue weighted by Crippen LogP contribution is 2.51. The SMILES string of the molecule is Cc1cc(C2=NOC(c3cc(C(F)(F)F)cc(Cl)c3F)(C(F)(F)F)C2)ccc1C(=O)NC1CS(=O)(=O)C1. The Morgan fingerprint density at radius 2 is 1.78 bits per heavy atom. The Morgan fingerprint density at radius 3 is 2.32 bits per heavy atom. The van der Waals surface area contributed by atoms with Gasteiger partial charge in [-0.1, -0.05) is 22.8 Å². The molecule has 0 aliphatic carbocycles. The van der Waals surface area contributed by atoms with E-state index in [9.17, 15) is 43.9 Å². The number of nitrogens with zero attached hydrogens (tertiary/aromatic N) is 1. The average Bonchev–Trinajstić information content (AvgIpc) is 3.20. The van der Waals surface area contributed by atoms with Crippen molar-refractivity contribution in [2.75, 3.05) is 11.5 Å². The summed E-state index contributed by atoms with van der Waals surface area (Å²) in [6.07, 6.45) is -11.7. The van der Waals surface area contributed by atoms with E-state index >= 15 is 0 Å². The minimum atomic E-state index is -5.40. The molecule has 0 bridgehead atoms. The molecule has 0 radical (unpaired) electrons. The zero-order valence-electron chi connectivity index (χ0n) is 18.6. The van der Waals surface area contributed by atoms with Crippen molar-refractivity contribution in [3.8, 4) is 0 Å². The molecule has 4 rings (SSSR count). The highest BCUT2D eigenvalue weighted by molar-refractivity contribution is 7.92. The van der Waals surface area contributed by atoms with Crippen LogP contribution in [0.5, 0.6) is 0 Å². The van der Waals surface area contributed by atoms with Crippen LogP contribution in [0.15, 0.2) is 35.5 Å². The number of carbonyl (C=O) groups is 1. The van der Waals surface area contributed by atoms with Crippen molar-refractivity contribution in [1.82, 2.24) is 5.32 Å². The zero-order chi connectivity index (χ0) is 27.6. The summed E-state index contributed by atoms with van der Waals surface area (Å²) in [5.41, 5.74) is -6.56. The van der Waals surface area contributed by atoms with Gasteiger partial charge in [0.1, 0.15) is 5.82 Å². The lowest BCUT2D eigenvalue weighted by molar-refractivity contribution is -0.276. The molecule has 6 nitrogen and oxygen atoms in total. The van der Waals surface area contributed by atoms with Crippen molar-refractivity contribution in [3.63, 3.8) is 0 Å². The van der Waals surface area contributed by atoms with E-state index in [2.05, 4.69) is 15.3 Å². The first-order valence-corrected chi connectivity index (χ1v) is 12.6. The van der Waals surface area contributed by atoms with E-state index in [1.165, 1.54) is 25.1 Å². The molecule has 1 saturated heterocycles. The molecule has 2 aromatic rings. The van der Waals surface area contributed by atoms with Crippen LogP contribution in [0.4, 0.5) is 30.7 Å². The summed E-state index contributed by atoms with van der Waals surface area (Å²) in [5.74, 6) is -2.75. The smallest absolute Gasteiger partial charge is 0.374 e. The second-order valence-corrected chi connectivity index (χ2v) is 11.3. The number of hydrogen-bond donors (Lipinski definition) is 1. The number of amides is 1. The zero-order valence-corrected chi connectivity index (χ0v) is 20.2. The van der Waals surface area contributed by atoms with E-state index in [0.29, 0.717) is 0 Å². The number of rotatable bonds is 4. The van der Waals surface area contributed by atoms with Crippen LogP contribution in [-0.4, -0.2) is 43.8 Å². The maximum atomic E-state index is 14.7. The largest absolute Gasteiger partial charge is 0.435 e. The van der Waals surface area contributed by atoms with Crippen molar-refractivity contribution in [3.05, 3.63) is 69.0 Å². The Bertz CT molecular complexity index is 1410. The van der Waals surface area contributed by atoms with Crippen LogP contribution in [0.1, 0.15) is 39.0 Å². The van der Waals surface area contributed by atoms with Crippen LogP contribution in [0.2, 0.25) is 5.02 Å². The Balaban J connectivity index is 1.64. The van der Waals surface area contributed by atoms with E-state index < -0.39 is 68.1 Å². The van der Waals surface area contributed by atoms with Gasteiger partial charge in [0.2, 0.25) is 0 Å². The van der Waals surface area contributed by atoms with Gasteiger partial charge in [-0.3, -0.25) is 4.79 Å². The maximum Gasteiger partial charge on any atom is 0.435 e. The van der Waals surface area contributed by atoms with E-state index in [0.717, 1.165) is 0 Å². The Labute approximate surface area is 210 Å². The second-order valence-electron chi connectivity index (χ2n) is 8.73. The van der Waals surface area contributed by atoms with E-state index in [4.69, 9.17) is 11.6 Å². The third kappa shape index (κ3) is 5.00. The number of oxime groups is 1. The van der Waals surface area contributed by atoms with Gasteiger partial charge in [0.05, 0.1) is 40.3 Å². The summed E-state index contributed by atoms with van der Waals surface area (Å²) in [5, 5.41) is 4.77. The third-order valence-electron chi connectivity index (χ3n) is 6.03. The number of halogens is 8. The molecule has 200 valence electrons. The van der Waals surface area contributed by atoms with Crippen LogP contribution in [0, 0.1) is 12.7 Å². The van der Waals surface area contributed by atoms with Gasteiger partial charge in [0.15, 0.2) is 9.84 Å². The minimum absolute atomic E-state index is 0.00744. The van der Waals surface area contributed by atoms with Crippen molar-refractivity contribution >= 4 is 33.1 Å². The number of nitrogens with one attached hydrogen (secondary N) is 1. The second kappa shape index (κ2) is 8.86. The number of hydrogen-bond acceptors (Lipinski definition) is 5. The monoisotopic (exact) mass is 572 g/mol. The van der Waals surface area contributed by atoms with E-state index in [1.807, 2.05) is 0 Å². The molecule has 1 N–H and O–H groups in total. The number of benzene rings is 2. The Morgan fingerprint density at radius 1 is 1.14 bits per heavy atom. The molecular weight excluding hydrogens is 557 g/mol. The van der Waals surface area contributed by atoms with Gasteiger partial charge in [0, 0.05) is 11.1 Å². The van der Waals surface area contributed by atoms with Crippen LogP contribution in [-0.2, 0) is 26.5 Å². The number of carbonyl (C=O) groups excluding carboxylic acids is 1. The first kappa shape index (κ1) is 27.2. The summed E-state index contributed by atoms with van der Waals surface area (Å²) in [7, 11) is -3.18. The topological polar surface area (TPSA) is 84.8 Å². The summed E-state index contributed by atoms with van der Waals surface area (Å²) in [4.78, 5) is 17.1. The lowest BCUT2D eigenvalue weighted by atomic mass is 9.85. The molecule has 0 aromatic heterocycles. The average molecular weight is 573 g/mol. The quantitative estimate of drug-likeness (QED) is 0.528. The normalized spacial score (nSPS) is 21.7.